The summed E-state index contributed by atoms with van der Waals surface area (Å²) in [7, 11) is 3.29. The van der Waals surface area contributed by atoms with E-state index in [-0.39, 0.29) is 35.9 Å². The van der Waals surface area contributed by atoms with Crippen LogP contribution < -0.4 is 20.1 Å². The second kappa shape index (κ2) is 13.3. The quantitative estimate of drug-likeness (QED) is 0.371. The van der Waals surface area contributed by atoms with Crippen molar-refractivity contribution >= 4 is 11.8 Å². The largest absolute Gasteiger partial charge is 0.496 e. The minimum absolute atomic E-state index is 0.00655. The van der Waals surface area contributed by atoms with Crippen LogP contribution in [0, 0.1) is 0 Å². The number of rotatable bonds is 12. The first kappa shape index (κ1) is 29.4. The summed E-state index contributed by atoms with van der Waals surface area (Å²) in [5, 5.41) is 11.3. The van der Waals surface area contributed by atoms with Crippen molar-refractivity contribution in [2.24, 2.45) is 0 Å². The molecule has 2 aromatic rings. The van der Waals surface area contributed by atoms with Crippen LogP contribution in [-0.4, -0.2) is 71.9 Å². The molecule has 9 nitrogen and oxygen atoms in total. The number of nitrogens with one attached hydrogen (secondary N) is 2. The number of nitrogens with zero attached hydrogens (tertiary/aromatic N) is 3. The molecule has 0 spiro atoms. The summed E-state index contributed by atoms with van der Waals surface area (Å²) < 4.78 is 13.4. The van der Waals surface area contributed by atoms with Gasteiger partial charge in [-0.25, -0.2) is 0 Å². The van der Waals surface area contributed by atoms with Gasteiger partial charge in [-0.3, -0.25) is 14.3 Å². The van der Waals surface area contributed by atoms with Gasteiger partial charge in [0.15, 0.2) is 5.69 Å². The molecule has 3 fully saturated rings. The third kappa shape index (κ3) is 7.05. The van der Waals surface area contributed by atoms with E-state index in [2.05, 4.69) is 22.5 Å². The predicted molar refractivity (Wildman–Crippen MR) is 159 cm³/mol. The van der Waals surface area contributed by atoms with E-state index in [4.69, 9.17) is 14.6 Å². The standard InChI is InChI=1S/C32H47N5O4/c1-32(16-10-17-32)34-29(38)21-23(15-20-36-18-7-4-8-19-36)33-31(39)25-22-26(37(35-25)24-11-5-6-12-24)30-27(40-2)13-9-14-28(30)41-3/h9,13-14,22-24H,4-8,10-12,15-21H2,1-3H3,(H,33,39)(H,34,38)/t23-/m0/s1. The monoisotopic (exact) mass is 565 g/mol. The second-order valence-electron chi connectivity index (χ2n) is 12.4. The molecule has 2 saturated carbocycles. The van der Waals surface area contributed by atoms with Crippen molar-refractivity contribution in [2.45, 2.75) is 102 Å². The van der Waals surface area contributed by atoms with E-state index in [9.17, 15) is 9.59 Å². The molecule has 0 bridgehead atoms. The first-order chi connectivity index (χ1) is 19.9. The highest BCUT2D eigenvalue weighted by atomic mass is 16.5. The molecule has 1 aromatic heterocycles. The van der Waals surface area contributed by atoms with Crippen molar-refractivity contribution in [3.05, 3.63) is 30.0 Å². The number of hydrogen-bond acceptors (Lipinski definition) is 6. The first-order valence-electron chi connectivity index (χ1n) is 15.5. The fourth-order valence-corrected chi connectivity index (χ4v) is 6.67. The van der Waals surface area contributed by atoms with Crippen molar-refractivity contribution in [1.29, 1.82) is 0 Å². The minimum Gasteiger partial charge on any atom is -0.496 e. The summed E-state index contributed by atoms with van der Waals surface area (Å²) in [6, 6.07) is 7.50. The predicted octanol–water partition coefficient (Wildman–Crippen LogP) is 5.11. The number of amides is 2. The summed E-state index contributed by atoms with van der Waals surface area (Å²) in [6.45, 7) is 5.15. The molecule has 9 heteroatoms. The fraction of sp³-hybridized carbons (Fsp3) is 0.656. The summed E-state index contributed by atoms with van der Waals surface area (Å²) >= 11 is 0. The fourth-order valence-electron chi connectivity index (χ4n) is 6.67. The van der Waals surface area contributed by atoms with Crippen LogP contribution in [0.4, 0.5) is 0 Å². The molecule has 2 heterocycles. The SMILES string of the molecule is COc1cccc(OC)c1-c1cc(C(=O)N[C@@H](CCN2CCCCC2)CC(=O)NC2(C)CCC2)nn1C1CCCC1. The Morgan fingerprint density at radius 1 is 1.02 bits per heavy atom. The highest BCUT2D eigenvalue weighted by molar-refractivity contribution is 5.94. The average Bonchev–Trinajstić information content (AvgIpc) is 3.65. The van der Waals surface area contributed by atoms with Crippen molar-refractivity contribution < 1.29 is 19.1 Å². The van der Waals surface area contributed by atoms with Crippen LogP contribution in [0.2, 0.25) is 0 Å². The van der Waals surface area contributed by atoms with Gasteiger partial charge in [-0.15, -0.1) is 0 Å². The number of carbonyl (C=O) groups excluding carboxylic acids is 2. The van der Waals surface area contributed by atoms with Gasteiger partial charge in [0, 0.05) is 24.5 Å². The highest BCUT2D eigenvalue weighted by Gasteiger charge is 2.34. The van der Waals surface area contributed by atoms with Crippen molar-refractivity contribution in [2.75, 3.05) is 33.9 Å². The molecule has 2 amide bonds. The lowest BCUT2D eigenvalue weighted by Crippen LogP contribution is -2.52. The lowest BCUT2D eigenvalue weighted by molar-refractivity contribution is -0.124. The van der Waals surface area contributed by atoms with E-state index in [0.717, 1.165) is 82.3 Å². The Morgan fingerprint density at radius 3 is 2.32 bits per heavy atom. The van der Waals surface area contributed by atoms with E-state index in [1.807, 2.05) is 28.9 Å². The number of hydrogen-bond donors (Lipinski definition) is 2. The van der Waals surface area contributed by atoms with Gasteiger partial charge in [-0.05, 0) is 89.6 Å². The summed E-state index contributed by atoms with van der Waals surface area (Å²) in [6.07, 6.45) is 12.2. The Labute approximate surface area is 244 Å². The van der Waals surface area contributed by atoms with Gasteiger partial charge in [0.2, 0.25) is 5.91 Å². The Morgan fingerprint density at radius 2 is 1.71 bits per heavy atom. The number of piperidine rings is 1. The number of methoxy groups -OCH3 is 2. The molecule has 1 aliphatic heterocycles. The van der Waals surface area contributed by atoms with E-state index in [1.165, 1.54) is 19.3 Å². The molecule has 41 heavy (non-hydrogen) atoms. The van der Waals surface area contributed by atoms with Crippen LogP contribution in [-0.2, 0) is 4.79 Å². The van der Waals surface area contributed by atoms with Gasteiger partial charge in [0.05, 0.1) is 31.5 Å². The van der Waals surface area contributed by atoms with Gasteiger partial charge >= 0.3 is 0 Å². The van der Waals surface area contributed by atoms with Crippen molar-refractivity contribution in [3.63, 3.8) is 0 Å². The smallest absolute Gasteiger partial charge is 0.272 e. The number of aromatic nitrogens is 2. The van der Waals surface area contributed by atoms with Crippen LogP contribution in [0.1, 0.15) is 101 Å². The lowest BCUT2D eigenvalue weighted by Gasteiger charge is -2.39. The summed E-state index contributed by atoms with van der Waals surface area (Å²) in [4.78, 5) is 29.3. The van der Waals surface area contributed by atoms with Crippen LogP contribution >= 0.6 is 0 Å². The normalized spacial score (nSPS) is 19.8. The Hall–Kier alpha value is -3.07. The first-order valence-corrected chi connectivity index (χ1v) is 15.5. The zero-order valence-corrected chi connectivity index (χ0v) is 25.0. The number of benzene rings is 1. The average molecular weight is 566 g/mol. The Balaban J connectivity index is 1.38. The maximum atomic E-state index is 13.8. The highest BCUT2D eigenvalue weighted by Crippen LogP contribution is 2.42. The van der Waals surface area contributed by atoms with Gasteiger partial charge in [0.25, 0.3) is 5.91 Å². The molecule has 2 N–H and O–H groups in total. The lowest BCUT2D eigenvalue weighted by atomic mass is 9.78. The Bertz CT molecular complexity index is 1170. The van der Waals surface area contributed by atoms with Crippen molar-refractivity contribution in [3.8, 4) is 22.8 Å². The van der Waals surface area contributed by atoms with Gasteiger partial charge in [-0.1, -0.05) is 25.3 Å². The second-order valence-corrected chi connectivity index (χ2v) is 12.4. The van der Waals surface area contributed by atoms with Gasteiger partial charge in [-0.2, -0.15) is 5.10 Å². The van der Waals surface area contributed by atoms with E-state index in [1.54, 1.807) is 14.2 Å². The van der Waals surface area contributed by atoms with Gasteiger partial charge < -0.3 is 25.0 Å². The van der Waals surface area contributed by atoms with E-state index in [0.29, 0.717) is 17.2 Å². The topological polar surface area (TPSA) is 97.7 Å². The van der Waals surface area contributed by atoms with Gasteiger partial charge in [0.1, 0.15) is 11.5 Å². The summed E-state index contributed by atoms with van der Waals surface area (Å²) in [5.41, 5.74) is 1.86. The van der Waals surface area contributed by atoms with Crippen LogP contribution in [0.5, 0.6) is 11.5 Å². The number of ether oxygens (including phenoxy) is 2. The molecule has 1 aromatic carbocycles. The third-order valence-electron chi connectivity index (χ3n) is 9.23. The van der Waals surface area contributed by atoms with Crippen LogP contribution in [0.25, 0.3) is 11.3 Å². The molecule has 3 aliphatic rings. The zero-order valence-electron chi connectivity index (χ0n) is 25.0. The zero-order chi connectivity index (χ0) is 28.8. The van der Waals surface area contributed by atoms with Crippen molar-refractivity contribution in [1.82, 2.24) is 25.3 Å². The molecular formula is C32H47N5O4. The maximum absolute atomic E-state index is 13.8. The molecule has 2 aliphatic carbocycles. The maximum Gasteiger partial charge on any atom is 0.272 e. The molecule has 1 atom stereocenters. The molecular weight excluding hydrogens is 518 g/mol. The van der Waals surface area contributed by atoms with Crippen LogP contribution in [0.15, 0.2) is 24.3 Å². The third-order valence-corrected chi connectivity index (χ3v) is 9.23. The summed E-state index contributed by atoms with van der Waals surface area (Å²) in [5.74, 6) is 1.11. The minimum atomic E-state index is -0.269. The molecule has 0 radical (unpaired) electrons. The molecule has 0 unspecified atom stereocenters. The van der Waals surface area contributed by atoms with E-state index >= 15 is 0 Å². The number of likely N-dealkylation sites (tertiary alicyclic amines) is 1. The molecule has 1 saturated heterocycles. The molecule has 224 valence electrons. The molecule has 5 rings (SSSR count). The van der Waals surface area contributed by atoms with Crippen LogP contribution in [0.3, 0.4) is 0 Å². The Kier molecular flexibility index (Phi) is 9.53. The van der Waals surface area contributed by atoms with E-state index < -0.39 is 0 Å². The number of carbonyl (C=O) groups is 2.